The first-order valence-corrected chi connectivity index (χ1v) is 6.46. The van der Waals surface area contributed by atoms with Crippen molar-refractivity contribution in [1.29, 1.82) is 0 Å². The Morgan fingerprint density at radius 3 is 2.85 bits per heavy atom. The molecule has 1 heterocycles. The van der Waals surface area contributed by atoms with Gasteiger partial charge in [-0.15, -0.1) is 11.8 Å². The van der Waals surface area contributed by atoms with Gasteiger partial charge < -0.3 is 4.74 Å². The summed E-state index contributed by atoms with van der Waals surface area (Å²) >= 11 is 4.01. The van der Waals surface area contributed by atoms with E-state index in [-0.39, 0.29) is 0 Å². The van der Waals surface area contributed by atoms with E-state index in [4.69, 9.17) is 4.74 Å². The molecule has 0 N–H and O–H groups in total. The third-order valence-corrected chi connectivity index (χ3v) is 2.48. The standard InChI is InChI=1S/C9H12INOS/c1-7(10)6-12-9-4-3-8(13-2)5-11-9/h3-5,7H,6H2,1-2H3. The molecule has 1 rings (SSSR count). The van der Waals surface area contributed by atoms with Gasteiger partial charge in [-0.3, -0.25) is 0 Å². The number of aromatic nitrogens is 1. The molecule has 0 aliphatic heterocycles. The summed E-state index contributed by atoms with van der Waals surface area (Å²) < 4.78 is 5.95. The third kappa shape index (κ3) is 4.17. The van der Waals surface area contributed by atoms with Crippen LogP contribution in [0.25, 0.3) is 0 Å². The van der Waals surface area contributed by atoms with E-state index in [0.717, 1.165) is 4.90 Å². The lowest BCUT2D eigenvalue weighted by Gasteiger charge is -2.06. The van der Waals surface area contributed by atoms with Crippen LogP contribution in [0.1, 0.15) is 6.92 Å². The molecule has 0 amide bonds. The van der Waals surface area contributed by atoms with Gasteiger partial charge in [-0.25, -0.2) is 4.98 Å². The molecule has 1 aromatic heterocycles. The van der Waals surface area contributed by atoms with Crippen molar-refractivity contribution in [3.8, 4) is 5.88 Å². The Morgan fingerprint density at radius 2 is 2.38 bits per heavy atom. The van der Waals surface area contributed by atoms with Crippen LogP contribution in [0.15, 0.2) is 23.2 Å². The molecule has 4 heteroatoms. The number of halogens is 1. The first-order valence-electron chi connectivity index (χ1n) is 3.99. The Balaban J connectivity index is 2.49. The van der Waals surface area contributed by atoms with Gasteiger partial charge in [-0.1, -0.05) is 29.5 Å². The second-order valence-corrected chi connectivity index (χ2v) is 5.63. The van der Waals surface area contributed by atoms with Crippen LogP contribution in [0.4, 0.5) is 0 Å². The van der Waals surface area contributed by atoms with Crippen LogP contribution in [0, 0.1) is 0 Å². The summed E-state index contributed by atoms with van der Waals surface area (Å²) in [5.41, 5.74) is 0. The summed E-state index contributed by atoms with van der Waals surface area (Å²) in [6, 6.07) is 3.93. The van der Waals surface area contributed by atoms with Crippen molar-refractivity contribution in [3.05, 3.63) is 18.3 Å². The van der Waals surface area contributed by atoms with E-state index in [0.29, 0.717) is 16.4 Å². The SMILES string of the molecule is CSc1ccc(OCC(C)I)nc1. The van der Waals surface area contributed by atoms with Gasteiger partial charge in [-0.05, 0) is 12.3 Å². The van der Waals surface area contributed by atoms with Gasteiger partial charge in [0.15, 0.2) is 0 Å². The fraction of sp³-hybridized carbons (Fsp3) is 0.444. The van der Waals surface area contributed by atoms with Gasteiger partial charge >= 0.3 is 0 Å². The maximum Gasteiger partial charge on any atom is 0.213 e. The molecule has 1 unspecified atom stereocenters. The topological polar surface area (TPSA) is 22.1 Å². The second kappa shape index (κ2) is 5.70. The second-order valence-electron chi connectivity index (χ2n) is 2.63. The number of ether oxygens (including phenoxy) is 1. The fourth-order valence-corrected chi connectivity index (χ4v) is 1.32. The van der Waals surface area contributed by atoms with Crippen LogP contribution >= 0.6 is 34.4 Å². The highest BCUT2D eigenvalue weighted by Crippen LogP contribution is 2.16. The molecule has 0 spiro atoms. The summed E-state index contributed by atoms with van der Waals surface area (Å²) in [4.78, 5) is 5.34. The van der Waals surface area contributed by atoms with Crippen LogP contribution in [-0.2, 0) is 0 Å². The number of nitrogens with zero attached hydrogens (tertiary/aromatic N) is 1. The van der Waals surface area contributed by atoms with Gasteiger partial charge in [0.1, 0.15) is 6.61 Å². The van der Waals surface area contributed by atoms with Crippen molar-refractivity contribution in [2.24, 2.45) is 0 Å². The molecule has 0 radical (unpaired) electrons. The number of hydrogen-bond donors (Lipinski definition) is 0. The zero-order valence-electron chi connectivity index (χ0n) is 7.66. The van der Waals surface area contributed by atoms with Crippen molar-refractivity contribution in [2.45, 2.75) is 15.7 Å². The van der Waals surface area contributed by atoms with Gasteiger partial charge in [0, 0.05) is 21.1 Å². The molecular formula is C9H12INOS. The summed E-state index contributed by atoms with van der Waals surface area (Å²) in [7, 11) is 0. The normalized spacial score (nSPS) is 12.5. The molecule has 1 atom stereocenters. The molecule has 0 aliphatic rings. The highest BCUT2D eigenvalue weighted by Gasteiger charge is 1.98. The molecule has 13 heavy (non-hydrogen) atoms. The number of rotatable bonds is 4. The van der Waals surface area contributed by atoms with Crippen molar-refractivity contribution in [2.75, 3.05) is 12.9 Å². The van der Waals surface area contributed by atoms with Crippen LogP contribution in [0.2, 0.25) is 0 Å². The highest BCUT2D eigenvalue weighted by atomic mass is 127. The molecule has 2 nitrogen and oxygen atoms in total. The van der Waals surface area contributed by atoms with E-state index < -0.39 is 0 Å². The van der Waals surface area contributed by atoms with Gasteiger partial charge in [-0.2, -0.15) is 0 Å². The zero-order chi connectivity index (χ0) is 9.68. The maximum absolute atomic E-state index is 5.44. The molecular weight excluding hydrogens is 297 g/mol. The lowest BCUT2D eigenvalue weighted by molar-refractivity contribution is 0.313. The lowest BCUT2D eigenvalue weighted by atomic mass is 10.5. The largest absolute Gasteiger partial charge is 0.477 e. The quantitative estimate of drug-likeness (QED) is 0.485. The summed E-state index contributed by atoms with van der Waals surface area (Å²) in [5.74, 6) is 0.710. The van der Waals surface area contributed by atoms with Crippen molar-refractivity contribution in [1.82, 2.24) is 4.98 Å². The summed E-state index contributed by atoms with van der Waals surface area (Å²) in [6.45, 7) is 2.82. The monoisotopic (exact) mass is 309 g/mol. The van der Waals surface area contributed by atoms with E-state index in [1.54, 1.807) is 11.8 Å². The van der Waals surface area contributed by atoms with Crippen LogP contribution in [-0.4, -0.2) is 21.8 Å². The summed E-state index contributed by atoms with van der Waals surface area (Å²) in [5, 5.41) is 0. The molecule has 0 saturated carbocycles. The van der Waals surface area contributed by atoms with Gasteiger partial charge in [0.05, 0.1) is 0 Å². The molecule has 0 fully saturated rings. The van der Waals surface area contributed by atoms with Crippen LogP contribution in [0.5, 0.6) is 5.88 Å². The van der Waals surface area contributed by atoms with E-state index in [9.17, 15) is 0 Å². The highest BCUT2D eigenvalue weighted by molar-refractivity contribution is 14.1. The minimum absolute atomic E-state index is 0.514. The molecule has 0 saturated heterocycles. The minimum Gasteiger partial charge on any atom is -0.477 e. The number of thioether (sulfide) groups is 1. The Hall–Kier alpha value is 0.0300. The third-order valence-electron chi connectivity index (χ3n) is 1.41. The molecule has 72 valence electrons. The average Bonchev–Trinajstić information content (AvgIpc) is 2.15. The van der Waals surface area contributed by atoms with E-state index >= 15 is 0 Å². The van der Waals surface area contributed by atoms with E-state index in [1.807, 2.05) is 24.6 Å². The van der Waals surface area contributed by atoms with Crippen LogP contribution < -0.4 is 4.74 Å². The van der Waals surface area contributed by atoms with Crippen molar-refractivity contribution < 1.29 is 4.74 Å². The fourth-order valence-electron chi connectivity index (χ4n) is 0.773. The molecule has 0 aliphatic carbocycles. The Kier molecular flexibility index (Phi) is 4.87. The number of pyridine rings is 1. The maximum atomic E-state index is 5.44. The Morgan fingerprint density at radius 1 is 1.62 bits per heavy atom. The molecule has 1 aromatic rings. The lowest BCUT2D eigenvalue weighted by Crippen LogP contribution is -2.07. The number of hydrogen-bond acceptors (Lipinski definition) is 3. The summed E-state index contributed by atoms with van der Waals surface area (Å²) in [6.07, 6.45) is 3.86. The van der Waals surface area contributed by atoms with E-state index in [1.165, 1.54) is 0 Å². The smallest absolute Gasteiger partial charge is 0.213 e. The Labute approximate surface area is 96.6 Å². The van der Waals surface area contributed by atoms with Crippen molar-refractivity contribution in [3.63, 3.8) is 0 Å². The molecule has 0 aromatic carbocycles. The van der Waals surface area contributed by atoms with Crippen LogP contribution in [0.3, 0.4) is 0 Å². The average molecular weight is 309 g/mol. The zero-order valence-corrected chi connectivity index (χ0v) is 10.6. The number of alkyl halides is 1. The Bertz CT molecular complexity index is 250. The first-order chi connectivity index (χ1) is 6.22. The van der Waals surface area contributed by atoms with Gasteiger partial charge in [0.25, 0.3) is 0 Å². The van der Waals surface area contributed by atoms with E-state index in [2.05, 4.69) is 34.5 Å². The predicted octanol–water partition coefficient (Wildman–Crippen LogP) is 3.01. The predicted molar refractivity (Wildman–Crippen MR) is 65.0 cm³/mol. The van der Waals surface area contributed by atoms with Crippen molar-refractivity contribution >= 4 is 34.4 Å². The van der Waals surface area contributed by atoms with Gasteiger partial charge in [0.2, 0.25) is 5.88 Å². The molecule has 0 bridgehead atoms. The first kappa shape index (κ1) is 11.1. The minimum atomic E-state index is 0.514.